The second kappa shape index (κ2) is 4.85. The maximum atomic E-state index is 5.84. The molecule has 0 spiro atoms. The van der Waals surface area contributed by atoms with Crippen molar-refractivity contribution >= 4 is 5.69 Å². The first-order valence-corrected chi connectivity index (χ1v) is 5.96. The second-order valence-electron chi connectivity index (χ2n) is 4.67. The first-order valence-electron chi connectivity index (χ1n) is 5.96. The third kappa shape index (κ3) is 2.54. The van der Waals surface area contributed by atoms with Crippen molar-refractivity contribution in [2.45, 2.75) is 13.0 Å². The lowest BCUT2D eigenvalue weighted by molar-refractivity contribution is 0.313. The summed E-state index contributed by atoms with van der Waals surface area (Å²) in [6.07, 6.45) is 0. The molecule has 3 nitrogen and oxygen atoms in total. The van der Waals surface area contributed by atoms with Gasteiger partial charge < -0.3 is 15.5 Å². The van der Waals surface area contributed by atoms with E-state index in [1.807, 2.05) is 6.92 Å². The minimum absolute atomic E-state index is 0.126. The van der Waals surface area contributed by atoms with Crippen molar-refractivity contribution in [3.05, 3.63) is 29.8 Å². The quantitative estimate of drug-likeness (QED) is 0.817. The number of piperazine rings is 1. The number of rotatable bonds is 2. The second-order valence-corrected chi connectivity index (χ2v) is 4.67. The summed E-state index contributed by atoms with van der Waals surface area (Å²) in [5, 5.41) is 0. The van der Waals surface area contributed by atoms with Gasteiger partial charge in [-0.25, -0.2) is 0 Å². The fraction of sp³-hybridized carbons (Fsp3) is 0.538. The van der Waals surface area contributed by atoms with Gasteiger partial charge in [0.1, 0.15) is 0 Å². The van der Waals surface area contributed by atoms with Crippen LogP contribution < -0.4 is 10.6 Å². The molecule has 3 heteroatoms. The van der Waals surface area contributed by atoms with E-state index in [9.17, 15) is 0 Å². The van der Waals surface area contributed by atoms with E-state index in [-0.39, 0.29) is 6.04 Å². The predicted octanol–water partition coefficient (Wildman–Crippen LogP) is 1.46. The van der Waals surface area contributed by atoms with Gasteiger partial charge in [-0.3, -0.25) is 0 Å². The Labute approximate surface area is 97.8 Å². The lowest BCUT2D eigenvalue weighted by Gasteiger charge is -2.34. The highest BCUT2D eigenvalue weighted by Crippen LogP contribution is 2.19. The standard InChI is InChI=1S/C13H21N3/c1-11(14)12-3-5-13(6-4-12)16-9-7-15(2)8-10-16/h3-6,11H,7-10,14H2,1-2H3/t11-/m1/s1. The lowest BCUT2D eigenvalue weighted by Crippen LogP contribution is -2.44. The molecule has 1 heterocycles. The molecule has 88 valence electrons. The molecule has 16 heavy (non-hydrogen) atoms. The SMILES string of the molecule is C[C@@H](N)c1ccc(N2CCN(C)CC2)cc1. The van der Waals surface area contributed by atoms with Crippen LogP contribution in [-0.2, 0) is 0 Å². The Balaban J connectivity index is 2.04. The summed E-state index contributed by atoms with van der Waals surface area (Å²) in [6.45, 7) is 6.55. The summed E-state index contributed by atoms with van der Waals surface area (Å²) in [5.41, 5.74) is 8.36. The van der Waals surface area contributed by atoms with E-state index >= 15 is 0 Å². The highest BCUT2D eigenvalue weighted by molar-refractivity contribution is 5.48. The van der Waals surface area contributed by atoms with E-state index in [0.29, 0.717) is 0 Å². The summed E-state index contributed by atoms with van der Waals surface area (Å²) >= 11 is 0. The van der Waals surface area contributed by atoms with E-state index < -0.39 is 0 Å². The minimum Gasteiger partial charge on any atom is -0.369 e. The predicted molar refractivity (Wildman–Crippen MR) is 68.8 cm³/mol. The fourth-order valence-electron chi connectivity index (χ4n) is 2.05. The first-order chi connectivity index (χ1) is 7.66. The molecule has 0 aromatic heterocycles. The van der Waals surface area contributed by atoms with Gasteiger partial charge in [-0.1, -0.05) is 12.1 Å². The Hall–Kier alpha value is -1.06. The molecule has 1 aromatic rings. The summed E-state index contributed by atoms with van der Waals surface area (Å²) in [7, 11) is 2.18. The van der Waals surface area contributed by atoms with Gasteiger partial charge in [0.05, 0.1) is 0 Å². The van der Waals surface area contributed by atoms with E-state index in [1.165, 1.54) is 11.3 Å². The number of hydrogen-bond acceptors (Lipinski definition) is 3. The Morgan fingerprint density at radius 1 is 1.06 bits per heavy atom. The van der Waals surface area contributed by atoms with Crippen LogP contribution in [-0.4, -0.2) is 38.1 Å². The molecule has 0 unspecified atom stereocenters. The van der Waals surface area contributed by atoms with Crippen molar-refractivity contribution in [3.63, 3.8) is 0 Å². The topological polar surface area (TPSA) is 32.5 Å². The number of hydrogen-bond donors (Lipinski definition) is 1. The molecule has 0 saturated carbocycles. The van der Waals surface area contributed by atoms with Gasteiger partial charge in [0.15, 0.2) is 0 Å². The van der Waals surface area contributed by atoms with E-state index in [1.54, 1.807) is 0 Å². The third-order valence-corrected chi connectivity index (χ3v) is 3.29. The van der Waals surface area contributed by atoms with Gasteiger partial charge in [-0.15, -0.1) is 0 Å². The zero-order chi connectivity index (χ0) is 11.5. The lowest BCUT2D eigenvalue weighted by atomic mass is 10.1. The molecule has 1 aliphatic heterocycles. The van der Waals surface area contributed by atoms with E-state index in [2.05, 4.69) is 41.1 Å². The Morgan fingerprint density at radius 2 is 1.62 bits per heavy atom. The van der Waals surface area contributed by atoms with Crippen molar-refractivity contribution in [3.8, 4) is 0 Å². The van der Waals surface area contributed by atoms with Gasteiger partial charge in [0, 0.05) is 37.9 Å². The zero-order valence-corrected chi connectivity index (χ0v) is 10.2. The maximum absolute atomic E-state index is 5.84. The summed E-state index contributed by atoms with van der Waals surface area (Å²) in [6, 6.07) is 8.77. The molecular weight excluding hydrogens is 198 g/mol. The Kier molecular flexibility index (Phi) is 3.46. The number of benzene rings is 1. The van der Waals surface area contributed by atoms with Gasteiger partial charge >= 0.3 is 0 Å². The normalized spacial score (nSPS) is 19.8. The Bertz CT molecular complexity index is 324. The number of anilines is 1. The van der Waals surface area contributed by atoms with Crippen molar-refractivity contribution in [2.75, 3.05) is 38.1 Å². The van der Waals surface area contributed by atoms with E-state index in [0.717, 1.165) is 26.2 Å². The maximum Gasteiger partial charge on any atom is 0.0367 e. The average Bonchev–Trinajstić information content (AvgIpc) is 2.30. The largest absolute Gasteiger partial charge is 0.369 e. The van der Waals surface area contributed by atoms with Crippen LogP contribution in [0, 0.1) is 0 Å². The molecule has 1 aliphatic rings. The fourth-order valence-corrected chi connectivity index (χ4v) is 2.05. The summed E-state index contributed by atoms with van der Waals surface area (Å²) in [4.78, 5) is 4.80. The van der Waals surface area contributed by atoms with Gasteiger partial charge in [0.2, 0.25) is 0 Å². The number of likely N-dealkylation sites (N-methyl/N-ethyl adjacent to an activating group) is 1. The van der Waals surface area contributed by atoms with Crippen molar-refractivity contribution < 1.29 is 0 Å². The van der Waals surface area contributed by atoms with Crippen LogP contribution in [0.4, 0.5) is 5.69 Å². The third-order valence-electron chi connectivity index (χ3n) is 3.29. The minimum atomic E-state index is 0.126. The van der Waals surface area contributed by atoms with Crippen LogP contribution in [0.25, 0.3) is 0 Å². The smallest absolute Gasteiger partial charge is 0.0367 e. The molecule has 0 bridgehead atoms. The molecule has 0 radical (unpaired) electrons. The van der Waals surface area contributed by atoms with Gasteiger partial charge in [-0.05, 0) is 31.7 Å². The molecule has 2 N–H and O–H groups in total. The van der Waals surface area contributed by atoms with Crippen molar-refractivity contribution in [2.24, 2.45) is 5.73 Å². The monoisotopic (exact) mass is 219 g/mol. The summed E-state index contributed by atoms with van der Waals surface area (Å²) < 4.78 is 0. The number of nitrogens with zero attached hydrogens (tertiary/aromatic N) is 2. The molecule has 1 atom stereocenters. The van der Waals surface area contributed by atoms with Gasteiger partial charge in [0.25, 0.3) is 0 Å². The Morgan fingerprint density at radius 3 is 2.12 bits per heavy atom. The van der Waals surface area contributed by atoms with Gasteiger partial charge in [-0.2, -0.15) is 0 Å². The highest BCUT2D eigenvalue weighted by Gasteiger charge is 2.13. The van der Waals surface area contributed by atoms with Crippen LogP contribution in [0.1, 0.15) is 18.5 Å². The van der Waals surface area contributed by atoms with Crippen LogP contribution in [0.15, 0.2) is 24.3 Å². The molecule has 0 amide bonds. The van der Waals surface area contributed by atoms with Crippen molar-refractivity contribution in [1.29, 1.82) is 0 Å². The van der Waals surface area contributed by atoms with Crippen LogP contribution in [0.5, 0.6) is 0 Å². The molecule has 1 aromatic carbocycles. The molecule has 1 fully saturated rings. The molecule has 0 aliphatic carbocycles. The molecule has 1 saturated heterocycles. The zero-order valence-electron chi connectivity index (χ0n) is 10.2. The molecule has 2 rings (SSSR count). The molecular formula is C13H21N3. The van der Waals surface area contributed by atoms with E-state index in [4.69, 9.17) is 5.73 Å². The highest BCUT2D eigenvalue weighted by atomic mass is 15.2. The van der Waals surface area contributed by atoms with Crippen LogP contribution in [0.2, 0.25) is 0 Å². The van der Waals surface area contributed by atoms with Crippen molar-refractivity contribution in [1.82, 2.24) is 4.90 Å². The average molecular weight is 219 g/mol. The summed E-state index contributed by atoms with van der Waals surface area (Å²) in [5.74, 6) is 0. The number of nitrogens with two attached hydrogens (primary N) is 1. The van der Waals surface area contributed by atoms with Crippen LogP contribution >= 0.6 is 0 Å². The first kappa shape index (κ1) is 11.4. The van der Waals surface area contributed by atoms with Crippen LogP contribution in [0.3, 0.4) is 0 Å².